The molecule has 0 aliphatic carbocycles. The van der Waals surface area contributed by atoms with Gasteiger partial charge in [0, 0.05) is 12.2 Å². The topological polar surface area (TPSA) is 66.9 Å². The molecule has 2 aromatic rings. The summed E-state index contributed by atoms with van der Waals surface area (Å²) in [4.78, 5) is 12.2. The van der Waals surface area contributed by atoms with Crippen LogP contribution in [0.2, 0.25) is 0 Å². The Bertz CT molecular complexity index is 707. The monoisotopic (exact) mass is 362 g/mol. The summed E-state index contributed by atoms with van der Waals surface area (Å²) < 4.78 is 0.765. The van der Waals surface area contributed by atoms with E-state index in [0.29, 0.717) is 12.3 Å². The van der Waals surface area contributed by atoms with Crippen LogP contribution < -0.4 is 10.6 Å². The van der Waals surface area contributed by atoms with E-state index in [1.165, 1.54) is 23.1 Å². The van der Waals surface area contributed by atoms with Gasteiger partial charge in [-0.2, -0.15) is 0 Å². The fraction of sp³-hybridized carbons (Fsp3) is 0.353. The molecule has 1 aromatic carbocycles. The highest BCUT2D eigenvalue weighted by atomic mass is 32.2. The average Bonchev–Trinajstić information content (AvgIpc) is 2.98. The Kier molecular flexibility index (Phi) is 6.39. The number of thioether (sulfide) groups is 1. The van der Waals surface area contributed by atoms with Gasteiger partial charge in [0.25, 0.3) is 0 Å². The second-order valence-corrected chi connectivity index (χ2v) is 8.38. The smallest absolute Gasteiger partial charge is 0.234 e. The molecule has 1 aromatic heterocycles. The lowest BCUT2D eigenvalue weighted by Crippen LogP contribution is -2.19. The summed E-state index contributed by atoms with van der Waals surface area (Å²) in [6.07, 6.45) is 1.76. The number of benzene rings is 1. The van der Waals surface area contributed by atoms with Crippen LogP contribution in [0.15, 0.2) is 41.3 Å². The number of carbonyl (C=O) groups excluding carboxylic acids is 1. The lowest BCUT2D eigenvalue weighted by Gasteiger charge is -2.22. The first-order valence-corrected chi connectivity index (χ1v) is 9.41. The Morgan fingerprint density at radius 3 is 2.79 bits per heavy atom. The number of anilines is 2. The minimum absolute atomic E-state index is 0.0258. The summed E-state index contributed by atoms with van der Waals surface area (Å²) >= 11 is 2.81. The van der Waals surface area contributed by atoms with E-state index in [2.05, 4.69) is 48.2 Å². The van der Waals surface area contributed by atoms with Crippen molar-refractivity contribution in [1.82, 2.24) is 10.2 Å². The summed E-state index contributed by atoms with van der Waals surface area (Å²) in [7, 11) is 0. The maximum atomic E-state index is 12.2. The van der Waals surface area contributed by atoms with E-state index in [1.807, 2.05) is 24.3 Å². The van der Waals surface area contributed by atoms with E-state index in [4.69, 9.17) is 0 Å². The first-order valence-electron chi connectivity index (χ1n) is 7.60. The van der Waals surface area contributed by atoms with Crippen molar-refractivity contribution in [2.45, 2.75) is 30.5 Å². The van der Waals surface area contributed by atoms with Gasteiger partial charge in [-0.25, -0.2) is 0 Å². The first-order chi connectivity index (χ1) is 11.4. The molecule has 0 saturated carbocycles. The average molecular weight is 363 g/mol. The Morgan fingerprint density at radius 2 is 2.08 bits per heavy atom. The van der Waals surface area contributed by atoms with Crippen LogP contribution in [0, 0.1) is 0 Å². The molecule has 0 aliphatic rings. The largest absolute Gasteiger partial charge is 0.357 e. The molecule has 128 valence electrons. The molecule has 0 saturated heterocycles. The molecule has 1 heterocycles. The number of amides is 1. The van der Waals surface area contributed by atoms with Crippen LogP contribution in [-0.2, 0) is 10.2 Å². The van der Waals surface area contributed by atoms with Gasteiger partial charge >= 0.3 is 0 Å². The highest BCUT2D eigenvalue weighted by Crippen LogP contribution is 2.30. The van der Waals surface area contributed by atoms with Crippen LogP contribution in [0.3, 0.4) is 0 Å². The van der Waals surface area contributed by atoms with Gasteiger partial charge in [0.05, 0.1) is 5.75 Å². The van der Waals surface area contributed by atoms with E-state index >= 15 is 0 Å². The third-order valence-electron chi connectivity index (χ3n) is 3.14. The van der Waals surface area contributed by atoms with E-state index in [1.54, 1.807) is 6.08 Å². The minimum Gasteiger partial charge on any atom is -0.357 e. The van der Waals surface area contributed by atoms with Crippen molar-refractivity contribution in [2.75, 3.05) is 22.9 Å². The Balaban J connectivity index is 1.92. The van der Waals surface area contributed by atoms with Crippen molar-refractivity contribution < 1.29 is 4.79 Å². The van der Waals surface area contributed by atoms with Gasteiger partial charge in [-0.1, -0.05) is 68.1 Å². The number of nitrogens with zero attached hydrogens (tertiary/aromatic N) is 2. The fourth-order valence-electron chi connectivity index (χ4n) is 2.06. The normalized spacial score (nSPS) is 11.1. The SMILES string of the molecule is C=CCNc1nnc(SCC(=O)Nc2ccccc2C(C)(C)C)s1. The van der Waals surface area contributed by atoms with E-state index < -0.39 is 0 Å². The Hall–Kier alpha value is -1.86. The van der Waals surface area contributed by atoms with Crippen LogP contribution in [0.25, 0.3) is 0 Å². The van der Waals surface area contributed by atoms with Crippen LogP contribution in [0.1, 0.15) is 26.3 Å². The van der Waals surface area contributed by atoms with Gasteiger partial charge in [-0.3, -0.25) is 4.79 Å². The number of carbonyl (C=O) groups is 1. The third kappa shape index (κ3) is 5.35. The third-order valence-corrected chi connectivity index (χ3v) is 5.15. The van der Waals surface area contributed by atoms with Crippen LogP contribution in [0.4, 0.5) is 10.8 Å². The molecule has 7 heteroatoms. The van der Waals surface area contributed by atoms with Crippen LogP contribution >= 0.6 is 23.1 Å². The Morgan fingerprint density at radius 1 is 1.33 bits per heavy atom. The van der Waals surface area contributed by atoms with Gasteiger partial charge < -0.3 is 10.6 Å². The van der Waals surface area contributed by atoms with Gasteiger partial charge in [0.1, 0.15) is 0 Å². The molecule has 0 radical (unpaired) electrons. The van der Waals surface area contributed by atoms with Crippen molar-refractivity contribution >= 4 is 39.8 Å². The molecule has 24 heavy (non-hydrogen) atoms. The molecule has 0 atom stereocenters. The summed E-state index contributed by atoms with van der Waals surface area (Å²) in [5.74, 6) is 0.252. The molecule has 2 N–H and O–H groups in total. The van der Waals surface area contributed by atoms with Crippen molar-refractivity contribution in [1.29, 1.82) is 0 Å². The van der Waals surface area contributed by atoms with Crippen molar-refractivity contribution in [3.8, 4) is 0 Å². The second kappa shape index (κ2) is 8.30. The van der Waals surface area contributed by atoms with E-state index in [0.717, 1.165) is 20.7 Å². The summed E-state index contributed by atoms with van der Waals surface area (Å²) in [6.45, 7) is 10.7. The molecule has 0 spiro atoms. The van der Waals surface area contributed by atoms with Crippen molar-refractivity contribution in [3.05, 3.63) is 42.5 Å². The lowest BCUT2D eigenvalue weighted by molar-refractivity contribution is -0.113. The molecule has 0 bridgehead atoms. The van der Waals surface area contributed by atoms with Gasteiger partial charge in [0.2, 0.25) is 11.0 Å². The number of hydrogen-bond donors (Lipinski definition) is 2. The van der Waals surface area contributed by atoms with Crippen molar-refractivity contribution in [3.63, 3.8) is 0 Å². The maximum absolute atomic E-state index is 12.2. The predicted octanol–water partition coefficient (Wildman–Crippen LogP) is 4.16. The molecule has 2 rings (SSSR count). The molecular weight excluding hydrogens is 340 g/mol. The quantitative estimate of drug-likeness (QED) is 0.572. The summed E-state index contributed by atoms with van der Waals surface area (Å²) in [5.41, 5.74) is 1.96. The van der Waals surface area contributed by atoms with E-state index in [9.17, 15) is 4.79 Å². The van der Waals surface area contributed by atoms with Gasteiger partial charge in [-0.15, -0.1) is 16.8 Å². The van der Waals surface area contributed by atoms with Crippen molar-refractivity contribution in [2.24, 2.45) is 0 Å². The number of rotatable bonds is 7. The highest BCUT2D eigenvalue weighted by Gasteiger charge is 2.18. The predicted molar refractivity (Wildman–Crippen MR) is 103 cm³/mol. The standard InChI is InChI=1S/C17H22N4OS2/c1-5-10-18-15-20-21-16(24-15)23-11-14(22)19-13-9-7-6-8-12(13)17(2,3)4/h5-9H,1,10-11H2,2-4H3,(H,18,20)(H,19,22). The first kappa shape index (κ1) is 18.5. The zero-order valence-electron chi connectivity index (χ0n) is 14.1. The zero-order chi connectivity index (χ0) is 17.6. The second-order valence-electron chi connectivity index (χ2n) is 6.18. The highest BCUT2D eigenvalue weighted by molar-refractivity contribution is 8.01. The molecule has 1 amide bonds. The molecule has 0 aliphatic heterocycles. The number of hydrogen-bond acceptors (Lipinski definition) is 6. The zero-order valence-corrected chi connectivity index (χ0v) is 15.8. The van der Waals surface area contributed by atoms with Crippen LogP contribution in [-0.4, -0.2) is 28.4 Å². The van der Waals surface area contributed by atoms with E-state index in [-0.39, 0.29) is 11.3 Å². The number of para-hydroxylation sites is 1. The minimum atomic E-state index is -0.0486. The number of nitrogens with one attached hydrogen (secondary N) is 2. The lowest BCUT2D eigenvalue weighted by atomic mass is 9.86. The van der Waals surface area contributed by atoms with Gasteiger partial charge in [0.15, 0.2) is 4.34 Å². The Labute approximate surface area is 151 Å². The maximum Gasteiger partial charge on any atom is 0.234 e. The summed E-state index contributed by atoms with van der Waals surface area (Å²) in [5, 5.41) is 14.9. The molecular formula is C17H22N4OS2. The van der Waals surface area contributed by atoms with Gasteiger partial charge in [-0.05, 0) is 17.0 Å². The number of aromatic nitrogens is 2. The summed E-state index contributed by atoms with van der Waals surface area (Å²) in [6, 6.07) is 7.90. The molecule has 0 fully saturated rings. The fourth-order valence-corrected chi connectivity index (χ4v) is 3.62. The van der Waals surface area contributed by atoms with Crippen LogP contribution in [0.5, 0.6) is 0 Å². The molecule has 0 unspecified atom stereocenters. The molecule has 5 nitrogen and oxygen atoms in total.